The van der Waals surface area contributed by atoms with E-state index in [0.29, 0.717) is 16.9 Å². The standard InChI is InChI=1S/C13H12Cl2N2/c14-12-7-6-11(13(15)17-12)9-16-8-10-4-2-1-3-5-10/h1-7,16H,8-9H2. The number of benzene rings is 1. The van der Waals surface area contributed by atoms with E-state index >= 15 is 0 Å². The molecule has 1 heterocycles. The molecule has 0 fully saturated rings. The van der Waals surface area contributed by atoms with Gasteiger partial charge in [0.1, 0.15) is 10.3 Å². The maximum Gasteiger partial charge on any atom is 0.135 e. The largest absolute Gasteiger partial charge is 0.309 e. The minimum atomic E-state index is 0.418. The summed E-state index contributed by atoms with van der Waals surface area (Å²) in [6.07, 6.45) is 0. The number of rotatable bonds is 4. The average molecular weight is 267 g/mol. The number of hydrogen-bond acceptors (Lipinski definition) is 2. The fourth-order valence-corrected chi connectivity index (χ4v) is 1.92. The van der Waals surface area contributed by atoms with Crippen LogP contribution in [0.25, 0.3) is 0 Å². The highest BCUT2D eigenvalue weighted by Crippen LogP contribution is 2.16. The number of nitrogens with one attached hydrogen (secondary N) is 1. The smallest absolute Gasteiger partial charge is 0.135 e. The van der Waals surface area contributed by atoms with Gasteiger partial charge in [-0.2, -0.15) is 0 Å². The van der Waals surface area contributed by atoms with E-state index in [1.54, 1.807) is 6.07 Å². The fourth-order valence-electron chi connectivity index (χ4n) is 1.51. The van der Waals surface area contributed by atoms with Crippen LogP contribution in [0.3, 0.4) is 0 Å². The van der Waals surface area contributed by atoms with Crippen LogP contribution in [0.2, 0.25) is 10.3 Å². The third-order valence-electron chi connectivity index (χ3n) is 2.38. The van der Waals surface area contributed by atoms with E-state index in [2.05, 4.69) is 22.4 Å². The molecule has 0 saturated carbocycles. The van der Waals surface area contributed by atoms with Gasteiger partial charge in [0, 0.05) is 18.7 Å². The van der Waals surface area contributed by atoms with E-state index in [0.717, 1.165) is 12.1 Å². The molecule has 0 atom stereocenters. The van der Waals surface area contributed by atoms with Crippen molar-refractivity contribution in [1.82, 2.24) is 10.3 Å². The third-order valence-corrected chi connectivity index (χ3v) is 2.92. The van der Waals surface area contributed by atoms with Gasteiger partial charge in [-0.15, -0.1) is 0 Å². The molecule has 0 saturated heterocycles. The van der Waals surface area contributed by atoms with Crippen molar-refractivity contribution >= 4 is 23.2 Å². The first kappa shape index (κ1) is 12.4. The monoisotopic (exact) mass is 266 g/mol. The molecule has 0 bridgehead atoms. The minimum Gasteiger partial charge on any atom is -0.309 e. The van der Waals surface area contributed by atoms with Gasteiger partial charge < -0.3 is 5.32 Å². The highest BCUT2D eigenvalue weighted by molar-refractivity contribution is 6.32. The molecule has 88 valence electrons. The van der Waals surface area contributed by atoms with Crippen molar-refractivity contribution in [1.29, 1.82) is 0 Å². The summed E-state index contributed by atoms with van der Waals surface area (Å²) in [6.45, 7) is 1.48. The summed E-state index contributed by atoms with van der Waals surface area (Å²) in [5.74, 6) is 0. The predicted octanol–water partition coefficient (Wildman–Crippen LogP) is 3.68. The summed E-state index contributed by atoms with van der Waals surface area (Å²) in [6, 6.07) is 13.8. The SMILES string of the molecule is Clc1ccc(CNCc2ccccc2)c(Cl)n1. The molecule has 2 aromatic rings. The molecule has 2 rings (SSSR count). The van der Waals surface area contributed by atoms with Gasteiger partial charge in [-0.1, -0.05) is 59.6 Å². The molecule has 17 heavy (non-hydrogen) atoms. The average Bonchev–Trinajstić information content (AvgIpc) is 2.33. The Balaban J connectivity index is 1.90. The van der Waals surface area contributed by atoms with Crippen LogP contribution >= 0.6 is 23.2 Å². The van der Waals surface area contributed by atoms with Crippen LogP contribution in [-0.2, 0) is 13.1 Å². The summed E-state index contributed by atoms with van der Waals surface area (Å²) in [7, 11) is 0. The zero-order chi connectivity index (χ0) is 12.1. The number of halogens is 2. The van der Waals surface area contributed by atoms with Gasteiger partial charge in [0.25, 0.3) is 0 Å². The molecule has 0 aliphatic rings. The van der Waals surface area contributed by atoms with E-state index in [-0.39, 0.29) is 0 Å². The number of pyridine rings is 1. The molecule has 0 aliphatic carbocycles. The first-order valence-corrected chi connectivity index (χ1v) is 6.07. The number of nitrogens with zero attached hydrogens (tertiary/aromatic N) is 1. The van der Waals surface area contributed by atoms with E-state index < -0.39 is 0 Å². The summed E-state index contributed by atoms with van der Waals surface area (Å²) >= 11 is 11.7. The lowest BCUT2D eigenvalue weighted by Crippen LogP contribution is -2.13. The highest BCUT2D eigenvalue weighted by Gasteiger charge is 2.02. The second-order valence-electron chi connectivity index (χ2n) is 3.67. The van der Waals surface area contributed by atoms with E-state index in [1.165, 1.54) is 5.56 Å². The Morgan fingerprint density at radius 1 is 0.941 bits per heavy atom. The number of aromatic nitrogens is 1. The van der Waals surface area contributed by atoms with E-state index in [9.17, 15) is 0 Å². The van der Waals surface area contributed by atoms with Crippen LogP contribution in [0.5, 0.6) is 0 Å². The molecule has 1 aromatic heterocycles. The second-order valence-corrected chi connectivity index (χ2v) is 4.42. The molecule has 1 N–H and O–H groups in total. The highest BCUT2D eigenvalue weighted by atomic mass is 35.5. The topological polar surface area (TPSA) is 24.9 Å². The molecule has 0 amide bonds. The summed E-state index contributed by atoms with van der Waals surface area (Å²) in [5.41, 5.74) is 2.19. The van der Waals surface area contributed by atoms with Gasteiger partial charge >= 0.3 is 0 Å². The van der Waals surface area contributed by atoms with Gasteiger partial charge in [-0.05, 0) is 11.6 Å². The minimum absolute atomic E-state index is 0.418. The second kappa shape index (κ2) is 6.01. The molecule has 1 aromatic carbocycles. The van der Waals surface area contributed by atoms with Gasteiger partial charge in [0.05, 0.1) is 0 Å². The molecular weight excluding hydrogens is 255 g/mol. The van der Waals surface area contributed by atoms with Crippen LogP contribution in [0.15, 0.2) is 42.5 Å². The van der Waals surface area contributed by atoms with Gasteiger partial charge in [-0.3, -0.25) is 0 Å². The Morgan fingerprint density at radius 3 is 2.41 bits per heavy atom. The first-order valence-electron chi connectivity index (χ1n) is 5.31. The molecule has 2 nitrogen and oxygen atoms in total. The van der Waals surface area contributed by atoms with Crippen LogP contribution in [0.1, 0.15) is 11.1 Å². The van der Waals surface area contributed by atoms with Crippen LogP contribution in [0.4, 0.5) is 0 Å². The summed E-state index contributed by atoms with van der Waals surface area (Å²) < 4.78 is 0. The van der Waals surface area contributed by atoms with Crippen molar-refractivity contribution in [2.24, 2.45) is 0 Å². The Labute approximate surface area is 111 Å². The van der Waals surface area contributed by atoms with Crippen molar-refractivity contribution in [3.8, 4) is 0 Å². The van der Waals surface area contributed by atoms with Crippen molar-refractivity contribution in [3.05, 3.63) is 63.9 Å². The maximum absolute atomic E-state index is 5.98. The Bertz CT molecular complexity index is 486. The summed E-state index contributed by atoms with van der Waals surface area (Å²) in [5, 5.41) is 4.19. The fraction of sp³-hybridized carbons (Fsp3) is 0.154. The van der Waals surface area contributed by atoms with Crippen LogP contribution in [-0.4, -0.2) is 4.98 Å². The van der Waals surface area contributed by atoms with Gasteiger partial charge in [-0.25, -0.2) is 4.98 Å². The van der Waals surface area contributed by atoms with Crippen LogP contribution in [0, 0.1) is 0 Å². The predicted molar refractivity (Wildman–Crippen MR) is 71.2 cm³/mol. The zero-order valence-electron chi connectivity index (χ0n) is 9.16. The lowest BCUT2D eigenvalue weighted by Gasteiger charge is -2.06. The molecular formula is C13H12Cl2N2. The maximum atomic E-state index is 5.98. The van der Waals surface area contributed by atoms with Gasteiger partial charge in [0.2, 0.25) is 0 Å². The van der Waals surface area contributed by atoms with Crippen molar-refractivity contribution < 1.29 is 0 Å². The van der Waals surface area contributed by atoms with Crippen LogP contribution < -0.4 is 5.32 Å². The zero-order valence-corrected chi connectivity index (χ0v) is 10.7. The van der Waals surface area contributed by atoms with E-state index in [4.69, 9.17) is 23.2 Å². The number of hydrogen-bond donors (Lipinski definition) is 1. The Morgan fingerprint density at radius 2 is 1.71 bits per heavy atom. The summed E-state index contributed by atoms with van der Waals surface area (Å²) in [4.78, 5) is 3.99. The lowest BCUT2D eigenvalue weighted by atomic mass is 10.2. The molecule has 4 heteroatoms. The van der Waals surface area contributed by atoms with Gasteiger partial charge in [0.15, 0.2) is 0 Å². The quantitative estimate of drug-likeness (QED) is 0.855. The molecule has 0 spiro atoms. The van der Waals surface area contributed by atoms with Crippen molar-refractivity contribution in [2.45, 2.75) is 13.1 Å². The molecule has 0 radical (unpaired) electrons. The Hall–Kier alpha value is -1.09. The van der Waals surface area contributed by atoms with E-state index in [1.807, 2.05) is 24.3 Å². The van der Waals surface area contributed by atoms with Crippen molar-refractivity contribution in [2.75, 3.05) is 0 Å². The molecule has 0 aliphatic heterocycles. The lowest BCUT2D eigenvalue weighted by molar-refractivity contribution is 0.691. The molecule has 0 unspecified atom stereocenters. The van der Waals surface area contributed by atoms with Crippen molar-refractivity contribution in [3.63, 3.8) is 0 Å². The Kier molecular flexibility index (Phi) is 4.37. The first-order chi connectivity index (χ1) is 8.25. The normalized spacial score (nSPS) is 10.5. The third kappa shape index (κ3) is 3.70.